The third-order valence-electron chi connectivity index (χ3n) is 3.52. The maximum Gasteiger partial charge on any atom is 0.262 e. The van der Waals surface area contributed by atoms with Crippen molar-refractivity contribution in [1.29, 1.82) is 0 Å². The molecule has 0 fully saturated rings. The SMILES string of the molecule is CCC(C(N)=O)c1sccc1NS(=O)(=O)c1cccc(Cl)c1C. The van der Waals surface area contributed by atoms with Gasteiger partial charge in [-0.2, -0.15) is 0 Å². The zero-order valence-corrected chi connectivity index (χ0v) is 15.1. The molecule has 0 radical (unpaired) electrons. The van der Waals surface area contributed by atoms with Crippen LogP contribution in [-0.4, -0.2) is 14.3 Å². The number of primary amides is 1. The molecule has 2 aromatic rings. The summed E-state index contributed by atoms with van der Waals surface area (Å²) in [5.41, 5.74) is 6.25. The average Bonchev–Trinajstić information content (AvgIpc) is 2.89. The van der Waals surface area contributed by atoms with Gasteiger partial charge in [0.25, 0.3) is 10.0 Å². The number of amides is 1. The second-order valence-corrected chi connectivity index (χ2v) is 8.04. The Bertz CT molecular complexity index is 831. The van der Waals surface area contributed by atoms with Crippen molar-refractivity contribution < 1.29 is 13.2 Å². The van der Waals surface area contributed by atoms with E-state index in [-0.39, 0.29) is 4.90 Å². The maximum absolute atomic E-state index is 12.6. The van der Waals surface area contributed by atoms with E-state index in [1.165, 1.54) is 17.4 Å². The van der Waals surface area contributed by atoms with E-state index in [0.717, 1.165) is 0 Å². The molecule has 124 valence electrons. The van der Waals surface area contributed by atoms with Crippen LogP contribution in [0.2, 0.25) is 5.02 Å². The van der Waals surface area contributed by atoms with E-state index < -0.39 is 21.8 Å². The number of rotatable bonds is 6. The lowest BCUT2D eigenvalue weighted by Crippen LogP contribution is -2.22. The molecule has 0 bridgehead atoms. The Kier molecular flexibility index (Phi) is 5.33. The van der Waals surface area contributed by atoms with E-state index >= 15 is 0 Å². The topological polar surface area (TPSA) is 89.3 Å². The third-order valence-corrected chi connectivity index (χ3v) is 6.47. The summed E-state index contributed by atoms with van der Waals surface area (Å²) in [5.74, 6) is -0.998. The predicted molar refractivity (Wildman–Crippen MR) is 93.5 cm³/mol. The minimum atomic E-state index is -3.81. The minimum Gasteiger partial charge on any atom is -0.369 e. The average molecular weight is 373 g/mol. The highest BCUT2D eigenvalue weighted by Crippen LogP contribution is 2.34. The Morgan fingerprint density at radius 2 is 2.09 bits per heavy atom. The number of nitrogens with one attached hydrogen (secondary N) is 1. The van der Waals surface area contributed by atoms with E-state index in [1.807, 2.05) is 6.92 Å². The van der Waals surface area contributed by atoms with Crippen molar-refractivity contribution >= 4 is 44.6 Å². The van der Waals surface area contributed by atoms with Crippen LogP contribution in [0.4, 0.5) is 5.69 Å². The number of hydrogen-bond donors (Lipinski definition) is 2. The number of carbonyl (C=O) groups excluding carboxylic acids is 1. The van der Waals surface area contributed by atoms with Gasteiger partial charge in [0.2, 0.25) is 5.91 Å². The van der Waals surface area contributed by atoms with Crippen LogP contribution in [0.1, 0.15) is 29.7 Å². The zero-order valence-electron chi connectivity index (χ0n) is 12.7. The summed E-state index contributed by atoms with van der Waals surface area (Å²) in [6, 6.07) is 6.33. The summed E-state index contributed by atoms with van der Waals surface area (Å²) in [5, 5.41) is 2.10. The first-order valence-corrected chi connectivity index (χ1v) is 9.66. The number of benzene rings is 1. The fourth-order valence-corrected chi connectivity index (χ4v) is 4.96. The molecule has 0 aliphatic heterocycles. The first-order valence-electron chi connectivity index (χ1n) is 6.92. The zero-order chi connectivity index (χ0) is 17.2. The number of anilines is 1. The lowest BCUT2D eigenvalue weighted by Gasteiger charge is -2.15. The van der Waals surface area contributed by atoms with Gasteiger partial charge in [-0.15, -0.1) is 11.3 Å². The summed E-state index contributed by atoms with van der Waals surface area (Å²) < 4.78 is 27.8. The van der Waals surface area contributed by atoms with Crippen LogP contribution in [0.3, 0.4) is 0 Å². The number of sulfonamides is 1. The van der Waals surface area contributed by atoms with Crippen LogP contribution in [0.5, 0.6) is 0 Å². The van der Waals surface area contributed by atoms with E-state index in [0.29, 0.717) is 27.6 Å². The van der Waals surface area contributed by atoms with E-state index in [4.69, 9.17) is 17.3 Å². The Hall–Kier alpha value is -1.57. The van der Waals surface area contributed by atoms with Crippen LogP contribution in [0.25, 0.3) is 0 Å². The molecule has 23 heavy (non-hydrogen) atoms. The van der Waals surface area contributed by atoms with Gasteiger partial charge in [0.05, 0.1) is 16.5 Å². The van der Waals surface area contributed by atoms with Gasteiger partial charge in [-0.25, -0.2) is 8.42 Å². The standard InChI is InChI=1S/C15H17ClN2O3S2/c1-3-10(15(17)19)14-12(7-8-22-14)18-23(20,21)13-6-4-5-11(16)9(13)2/h4-8,10,18H,3H2,1-2H3,(H2,17,19). The molecule has 1 aromatic heterocycles. The fourth-order valence-electron chi connectivity index (χ4n) is 2.27. The molecule has 3 N–H and O–H groups in total. The fraction of sp³-hybridized carbons (Fsp3) is 0.267. The van der Waals surface area contributed by atoms with Crippen molar-refractivity contribution in [1.82, 2.24) is 0 Å². The molecule has 0 aliphatic rings. The second-order valence-electron chi connectivity index (χ2n) is 5.03. The molecule has 1 amide bonds. The lowest BCUT2D eigenvalue weighted by molar-refractivity contribution is -0.119. The first-order chi connectivity index (χ1) is 10.8. The van der Waals surface area contributed by atoms with Gasteiger partial charge >= 0.3 is 0 Å². The van der Waals surface area contributed by atoms with Crippen LogP contribution >= 0.6 is 22.9 Å². The molecule has 5 nitrogen and oxygen atoms in total. The van der Waals surface area contributed by atoms with Crippen LogP contribution < -0.4 is 10.5 Å². The van der Waals surface area contributed by atoms with Gasteiger partial charge in [0.15, 0.2) is 0 Å². The summed E-state index contributed by atoms with van der Waals surface area (Å²) in [6.07, 6.45) is 0.501. The Morgan fingerprint density at radius 1 is 1.39 bits per heavy atom. The highest BCUT2D eigenvalue weighted by Gasteiger charge is 2.24. The van der Waals surface area contributed by atoms with Crippen molar-refractivity contribution in [2.24, 2.45) is 5.73 Å². The quantitative estimate of drug-likeness (QED) is 0.813. The number of thiophene rings is 1. The highest BCUT2D eigenvalue weighted by atomic mass is 35.5. The number of halogens is 1. The van der Waals surface area contributed by atoms with E-state index in [2.05, 4.69) is 4.72 Å². The molecule has 1 aromatic carbocycles. The maximum atomic E-state index is 12.6. The summed E-state index contributed by atoms with van der Waals surface area (Å²) in [6.45, 7) is 3.47. The second kappa shape index (κ2) is 6.90. The Labute approximate surface area is 144 Å². The molecule has 8 heteroatoms. The van der Waals surface area contributed by atoms with Crippen LogP contribution in [-0.2, 0) is 14.8 Å². The molecular weight excluding hydrogens is 356 g/mol. The van der Waals surface area contributed by atoms with Gasteiger partial charge in [-0.3, -0.25) is 9.52 Å². The number of carbonyl (C=O) groups is 1. The van der Waals surface area contributed by atoms with Crippen molar-refractivity contribution in [2.45, 2.75) is 31.1 Å². The predicted octanol–water partition coefficient (Wildman–Crippen LogP) is 3.49. The van der Waals surface area contributed by atoms with Gasteiger partial charge < -0.3 is 5.73 Å². The molecule has 0 saturated carbocycles. The van der Waals surface area contributed by atoms with Crippen LogP contribution in [0.15, 0.2) is 34.5 Å². The van der Waals surface area contributed by atoms with Crippen molar-refractivity contribution in [2.75, 3.05) is 4.72 Å². The first kappa shape index (κ1) is 17.8. The lowest BCUT2D eigenvalue weighted by atomic mass is 10.0. The molecule has 0 saturated heterocycles. The normalized spacial score (nSPS) is 12.8. The highest BCUT2D eigenvalue weighted by molar-refractivity contribution is 7.92. The van der Waals surface area contributed by atoms with Gasteiger partial charge in [0, 0.05) is 9.90 Å². The Balaban J connectivity index is 2.41. The van der Waals surface area contributed by atoms with Crippen molar-refractivity contribution in [3.05, 3.63) is 45.1 Å². The largest absolute Gasteiger partial charge is 0.369 e. The molecule has 1 unspecified atom stereocenters. The molecule has 1 heterocycles. The van der Waals surface area contributed by atoms with Gasteiger partial charge in [0.1, 0.15) is 0 Å². The van der Waals surface area contributed by atoms with Gasteiger partial charge in [-0.1, -0.05) is 24.6 Å². The number of nitrogens with two attached hydrogens (primary N) is 1. The monoisotopic (exact) mass is 372 g/mol. The molecule has 0 aliphatic carbocycles. The van der Waals surface area contributed by atoms with E-state index in [1.54, 1.807) is 30.5 Å². The molecule has 2 rings (SSSR count). The third kappa shape index (κ3) is 3.68. The summed E-state index contributed by atoms with van der Waals surface area (Å²) in [4.78, 5) is 12.3. The molecule has 1 atom stereocenters. The minimum absolute atomic E-state index is 0.106. The number of hydrogen-bond acceptors (Lipinski definition) is 4. The smallest absolute Gasteiger partial charge is 0.262 e. The van der Waals surface area contributed by atoms with Crippen molar-refractivity contribution in [3.8, 4) is 0 Å². The molecular formula is C15H17ClN2O3S2. The summed E-state index contributed by atoms with van der Waals surface area (Å²) >= 11 is 7.30. The molecule has 0 spiro atoms. The van der Waals surface area contributed by atoms with Crippen molar-refractivity contribution in [3.63, 3.8) is 0 Å². The Morgan fingerprint density at radius 3 is 2.70 bits per heavy atom. The van der Waals surface area contributed by atoms with E-state index in [9.17, 15) is 13.2 Å². The van der Waals surface area contributed by atoms with Crippen LogP contribution in [0, 0.1) is 6.92 Å². The summed E-state index contributed by atoms with van der Waals surface area (Å²) in [7, 11) is -3.81. The van der Waals surface area contributed by atoms with Gasteiger partial charge in [-0.05, 0) is 42.5 Å².